The van der Waals surface area contributed by atoms with Crippen LogP contribution in [-0.4, -0.2) is 29.9 Å². The summed E-state index contributed by atoms with van der Waals surface area (Å²) in [5.41, 5.74) is 3.88. The SMILES string of the molecule is CC(C)(C)c1ccc(CCC(=O)N2CCC(Nc3ccccc3)C2)cc1. The Morgan fingerprint density at radius 1 is 1.08 bits per heavy atom. The molecule has 0 aromatic heterocycles. The van der Waals surface area contributed by atoms with Crippen LogP contribution in [-0.2, 0) is 16.6 Å². The van der Waals surface area contributed by atoms with Gasteiger partial charge in [0.1, 0.15) is 0 Å². The van der Waals surface area contributed by atoms with Gasteiger partial charge in [0, 0.05) is 31.2 Å². The molecule has 0 bridgehead atoms. The average Bonchev–Trinajstić information content (AvgIpc) is 3.09. The van der Waals surface area contributed by atoms with E-state index in [2.05, 4.69) is 62.5 Å². The average molecular weight is 351 g/mol. The fraction of sp³-hybridized carbons (Fsp3) is 0.435. The van der Waals surface area contributed by atoms with E-state index in [9.17, 15) is 4.79 Å². The lowest BCUT2D eigenvalue weighted by Crippen LogP contribution is -2.31. The number of likely N-dealkylation sites (tertiary alicyclic amines) is 1. The first-order chi connectivity index (χ1) is 12.4. The zero-order valence-corrected chi connectivity index (χ0v) is 16.2. The van der Waals surface area contributed by atoms with Crippen LogP contribution in [0.4, 0.5) is 5.69 Å². The molecule has 1 N–H and O–H groups in total. The molecule has 1 fully saturated rings. The number of hydrogen-bond acceptors (Lipinski definition) is 2. The number of carbonyl (C=O) groups excluding carboxylic acids is 1. The van der Waals surface area contributed by atoms with E-state index in [1.54, 1.807) is 0 Å². The molecule has 2 aromatic carbocycles. The minimum Gasteiger partial charge on any atom is -0.380 e. The largest absolute Gasteiger partial charge is 0.380 e. The summed E-state index contributed by atoms with van der Waals surface area (Å²) < 4.78 is 0. The third-order valence-electron chi connectivity index (χ3n) is 5.13. The highest BCUT2D eigenvalue weighted by atomic mass is 16.2. The normalized spacial score (nSPS) is 17.3. The van der Waals surface area contributed by atoms with E-state index in [1.807, 2.05) is 23.1 Å². The van der Waals surface area contributed by atoms with Crippen LogP contribution < -0.4 is 5.32 Å². The number of para-hydroxylation sites is 1. The van der Waals surface area contributed by atoms with Crippen molar-refractivity contribution in [3.8, 4) is 0 Å². The highest BCUT2D eigenvalue weighted by molar-refractivity contribution is 5.77. The number of aryl methyl sites for hydroxylation is 1. The molecule has 1 unspecified atom stereocenters. The van der Waals surface area contributed by atoms with Gasteiger partial charge >= 0.3 is 0 Å². The Hall–Kier alpha value is -2.29. The van der Waals surface area contributed by atoms with Crippen LogP contribution in [0.15, 0.2) is 54.6 Å². The molecule has 0 saturated carbocycles. The zero-order valence-electron chi connectivity index (χ0n) is 16.2. The summed E-state index contributed by atoms with van der Waals surface area (Å²) in [5.74, 6) is 0.266. The number of hydrogen-bond donors (Lipinski definition) is 1. The Kier molecular flexibility index (Phi) is 5.65. The quantitative estimate of drug-likeness (QED) is 0.853. The molecule has 1 amide bonds. The predicted octanol–water partition coefficient (Wildman–Crippen LogP) is 4.63. The second kappa shape index (κ2) is 7.94. The minimum atomic E-state index is 0.171. The van der Waals surface area contributed by atoms with E-state index in [0.717, 1.165) is 31.6 Å². The summed E-state index contributed by atoms with van der Waals surface area (Å²) in [7, 11) is 0. The number of rotatable bonds is 5. The van der Waals surface area contributed by atoms with Crippen LogP contribution in [0.1, 0.15) is 44.7 Å². The van der Waals surface area contributed by atoms with Gasteiger partial charge < -0.3 is 10.2 Å². The van der Waals surface area contributed by atoms with Crippen molar-refractivity contribution in [2.45, 2.75) is 51.5 Å². The van der Waals surface area contributed by atoms with Crippen LogP contribution in [0, 0.1) is 0 Å². The molecule has 0 spiro atoms. The fourth-order valence-electron chi connectivity index (χ4n) is 3.46. The molecule has 2 aromatic rings. The Morgan fingerprint density at radius 2 is 1.77 bits per heavy atom. The molecule has 3 heteroatoms. The molecule has 1 aliphatic heterocycles. The van der Waals surface area contributed by atoms with Crippen molar-refractivity contribution in [2.24, 2.45) is 0 Å². The third kappa shape index (κ3) is 4.87. The van der Waals surface area contributed by atoms with Gasteiger partial charge in [-0.2, -0.15) is 0 Å². The smallest absolute Gasteiger partial charge is 0.222 e. The number of anilines is 1. The van der Waals surface area contributed by atoms with Crippen molar-refractivity contribution in [3.63, 3.8) is 0 Å². The second-order valence-corrected chi connectivity index (χ2v) is 8.28. The van der Waals surface area contributed by atoms with Gasteiger partial charge in [0.15, 0.2) is 0 Å². The summed E-state index contributed by atoms with van der Waals surface area (Å²) in [4.78, 5) is 14.5. The Morgan fingerprint density at radius 3 is 2.42 bits per heavy atom. The van der Waals surface area contributed by atoms with Gasteiger partial charge in [-0.1, -0.05) is 63.2 Å². The molecule has 0 aliphatic carbocycles. The zero-order chi connectivity index (χ0) is 18.6. The number of amides is 1. The Labute approximate surface area is 157 Å². The molecule has 0 radical (unpaired) electrons. The maximum absolute atomic E-state index is 12.5. The lowest BCUT2D eigenvalue weighted by atomic mass is 9.86. The lowest BCUT2D eigenvalue weighted by Gasteiger charge is -2.19. The summed E-state index contributed by atoms with van der Waals surface area (Å²) in [6, 6.07) is 19.3. The molecule has 1 saturated heterocycles. The molecule has 26 heavy (non-hydrogen) atoms. The standard InChI is InChI=1S/C23H30N2O/c1-23(2,3)19-12-9-18(10-13-19)11-14-22(26)25-16-15-21(17-25)24-20-7-5-4-6-8-20/h4-10,12-13,21,24H,11,14-17H2,1-3H3. The van der Waals surface area contributed by atoms with Gasteiger partial charge in [0.2, 0.25) is 5.91 Å². The second-order valence-electron chi connectivity index (χ2n) is 8.28. The van der Waals surface area contributed by atoms with E-state index < -0.39 is 0 Å². The molecule has 1 atom stereocenters. The van der Waals surface area contributed by atoms with Gasteiger partial charge in [-0.15, -0.1) is 0 Å². The third-order valence-corrected chi connectivity index (χ3v) is 5.13. The summed E-state index contributed by atoms with van der Waals surface area (Å²) >= 11 is 0. The van der Waals surface area contributed by atoms with Gasteiger partial charge in [0.25, 0.3) is 0 Å². The van der Waals surface area contributed by atoms with Crippen molar-refractivity contribution >= 4 is 11.6 Å². The Balaban J connectivity index is 1.47. The maximum Gasteiger partial charge on any atom is 0.222 e. The van der Waals surface area contributed by atoms with Gasteiger partial charge in [0.05, 0.1) is 0 Å². The molecular formula is C23H30N2O. The molecule has 1 aliphatic rings. The minimum absolute atomic E-state index is 0.171. The molecule has 3 rings (SSSR count). The van der Waals surface area contributed by atoms with Crippen LogP contribution in [0.25, 0.3) is 0 Å². The van der Waals surface area contributed by atoms with Gasteiger partial charge in [-0.25, -0.2) is 0 Å². The number of carbonyl (C=O) groups is 1. The van der Waals surface area contributed by atoms with Crippen LogP contribution >= 0.6 is 0 Å². The predicted molar refractivity (Wildman–Crippen MR) is 109 cm³/mol. The maximum atomic E-state index is 12.5. The van der Waals surface area contributed by atoms with Gasteiger partial charge in [-0.05, 0) is 41.5 Å². The topological polar surface area (TPSA) is 32.3 Å². The molecule has 138 valence electrons. The Bertz CT molecular complexity index is 716. The van der Waals surface area contributed by atoms with Crippen LogP contribution in [0.3, 0.4) is 0 Å². The van der Waals surface area contributed by atoms with Crippen molar-refractivity contribution in [3.05, 3.63) is 65.7 Å². The van der Waals surface area contributed by atoms with E-state index >= 15 is 0 Å². The van der Waals surface area contributed by atoms with Crippen molar-refractivity contribution in [1.29, 1.82) is 0 Å². The first-order valence-corrected chi connectivity index (χ1v) is 9.60. The number of benzene rings is 2. The highest BCUT2D eigenvalue weighted by Crippen LogP contribution is 2.23. The van der Waals surface area contributed by atoms with Crippen molar-refractivity contribution < 1.29 is 4.79 Å². The van der Waals surface area contributed by atoms with Crippen LogP contribution in [0.5, 0.6) is 0 Å². The monoisotopic (exact) mass is 350 g/mol. The summed E-state index contributed by atoms with van der Waals surface area (Å²) in [6.07, 6.45) is 2.42. The van der Waals surface area contributed by atoms with E-state index in [1.165, 1.54) is 11.1 Å². The number of nitrogens with zero attached hydrogens (tertiary/aromatic N) is 1. The van der Waals surface area contributed by atoms with Gasteiger partial charge in [-0.3, -0.25) is 4.79 Å². The fourth-order valence-corrected chi connectivity index (χ4v) is 3.46. The van der Waals surface area contributed by atoms with E-state index in [-0.39, 0.29) is 11.3 Å². The van der Waals surface area contributed by atoms with Crippen molar-refractivity contribution in [2.75, 3.05) is 18.4 Å². The lowest BCUT2D eigenvalue weighted by molar-refractivity contribution is -0.130. The summed E-state index contributed by atoms with van der Waals surface area (Å²) in [5, 5.41) is 3.53. The highest BCUT2D eigenvalue weighted by Gasteiger charge is 2.25. The number of nitrogens with one attached hydrogen (secondary N) is 1. The first kappa shape index (κ1) is 18.5. The summed E-state index contributed by atoms with van der Waals surface area (Å²) in [6.45, 7) is 8.32. The molecular weight excluding hydrogens is 320 g/mol. The molecule has 3 nitrogen and oxygen atoms in total. The van der Waals surface area contributed by atoms with E-state index in [0.29, 0.717) is 12.5 Å². The van der Waals surface area contributed by atoms with Crippen molar-refractivity contribution in [1.82, 2.24) is 4.90 Å². The molecule has 1 heterocycles. The first-order valence-electron chi connectivity index (χ1n) is 9.60. The van der Waals surface area contributed by atoms with Crippen LogP contribution in [0.2, 0.25) is 0 Å². The van der Waals surface area contributed by atoms with E-state index in [4.69, 9.17) is 0 Å².